The van der Waals surface area contributed by atoms with Crippen molar-refractivity contribution in [3.05, 3.63) is 29.1 Å². The topological polar surface area (TPSA) is 87.4 Å². The van der Waals surface area contributed by atoms with E-state index < -0.39 is 18.1 Å². The molecule has 96 valence electrons. The fourth-order valence-electron chi connectivity index (χ4n) is 1.55. The zero-order chi connectivity index (χ0) is 12.5. The number of aliphatic carboxylic acids is 1. The summed E-state index contributed by atoms with van der Waals surface area (Å²) in [6.45, 7) is 3.69. The maximum Gasteiger partial charge on any atom is 0.323 e. The maximum atomic E-state index is 10.7. The summed E-state index contributed by atoms with van der Waals surface area (Å²) in [5.41, 5.74) is 7.70. The SMILES string of the molecule is Cc1c[n+](C)c(C)cc1C(O)C(N)C(=O)O.[Cl-]. The zero-order valence-electron chi connectivity index (χ0n) is 10.0. The average Bonchev–Trinajstić information content (AvgIpc) is 2.21. The minimum Gasteiger partial charge on any atom is -1.00 e. The van der Waals surface area contributed by atoms with E-state index in [1.165, 1.54) is 0 Å². The number of pyridine rings is 1. The Hall–Kier alpha value is -1.17. The molecule has 4 N–H and O–H groups in total. The van der Waals surface area contributed by atoms with Crippen molar-refractivity contribution in [3.8, 4) is 0 Å². The van der Waals surface area contributed by atoms with Gasteiger partial charge in [0.25, 0.3) is 0 Å². The van der Waals surface area contributed by atoms with Gasteiger partial charge in [0.05, 0.1) is 0 Å². The highest BCUT2D eigenvalue weighted by Crippen LogP contribution is 2.19. The number of hydrogen-bond donors (Lipinski definition) is 3. The Bertz CT molecular complexity index is 423. The molecule has 2 unspecified atom stereocenters. The number of aliphatic hydroxyl groups is 1. The van der Waals surface area contributed by atoms with Gasteiger partial charge in [0.2, 0.25) is 0 Å². The van der Waals surface area contributed by atoms with Gasteiger partial charge in [0.1, 0.15) is 19.2 Å². The summed E-state index contributed by atoms with van der Waals surface area (Å²) in [5.74, 6) is -1.21. The lowest BCUT2D eigenvalue weighted by Crippen LogP contribution is -3.00. The molecule has 0 aliphatic carbocycles. The Labute approximate surface area is 106 Å². The number of halogens is 1. The summed E-state index contributed by atoms with van der Waals surface area (Å²) in [6.07, 6.45) is 0.653. The maximum absolute atomic E-state index is 10.7. The van der Waals surface area contributed by atoms with Crippen LogP contribution in [0.15, 0.2) is 12.3 Å². The summed E-state index contributed by atoms with van der Waals surface area (Å²) in [5, 5.41) is 18.6. The number of nitrogens with two attached hydrogens (primary N) is 1. The molecule has 1 aromatic rings. The van der Waals surface area contributed by atoms with E-state index in [1.54, 1.807) is 6.07 Å². The molecule has 0 fully saturated rings. The molecule has 0 saturated carbocycles. The van der Waals surface area contributed by atoms with Crippen LogP contribution >= 0.6 is 0 Å². The molecular weight excluding hydrogens is 244 g/mol. The van der Waals surface area contributed by atoms with E-state index in [-0.39, 0.29) is 12.4 Å². The van der Waals surface area contributed by atoms with Crippen LogP contribution in [0.1, 0.15) is 22.9 Å². The van der Waals surface area contributed by atoms with E-state index in [1.807, 2.05) is 31.7 Å². The quantitative estimate of drug-likeness (QED) is 0.494. The second kappa shape index (κ2) is 5.95. The highest BCUT2D eigenvalue weighted by molar-refractivity contribution is 5.74. The smallest absolute Gasteiger partial charge is 0.323 e. The van der Waals surface area contributed by atoms with Crippen molar-refractivity contribution in [2.24, 2.45) is 12.8 Å². The average molecular weight is 261 g/mol. The number of nitrogens with zero attached hydrogens (tertiary/aromatic N) is 1. The normalized spacial score (nSPS) is 13.7. The van der Waals surface area contributed by atoms with Crippen LogP contribution in [0.5, 0.6) is 0 Å². The van der Waals surface area contributed by atoms with Gasteiger partial charge in [0, 0.05) is 18.6 Å². The number of carboxylic acids is 1. The summed E-state index contributed by atoms with van der Waals surface area (Å²) in [6, 6.07) is 0.453. The van der Waals surface area contributed by atoms with E-state index in [9.17, 15) is 9.90 Å². The van der Waals surface area contributed by atoms with E-state index in [0.717, 1.165) is 11.3 Å². The number of aryl methyl sites for hydroxylation is 3. The monoisotopic (exact) mass is 260 g/mol. The minimum absolute atomic E-state index is 0. The second-order valence-electron chi connectivity index (χ2n) is 3.97. The van der Waals surface area contributed by atoms with Crippen molar-refractivity contribution in [3.63, 3.8) is 0 Å². The van der Waals surface area contributed by atoms with Crippen LogP contribution in [0, 0.1) is 13.8 Å². The predicted molar refractivity (Wildman–Crippen MR) is 57.7 cm³/mol. The molecule has 0 radical (unpaired) electrons. The molecule has 1 heterocycles. The first-order valence-corrected chi connectivity index (χ1v) is 4.97. The molecule has 1 aromatic heterocycles. The standard InChI is InChI=1S/C11H16N2O3.ClH/c1-6-5-13(3)7(2)4-8(6)10(14)9(12)11(15)16;/h4-5,9-10,14H,12H2,1-3H3;1H. The lowest BCUT2D eigenvalue weighted by Gasteiger charge is -2.16. The van der Waals surface area contributed by atoms with Crippen molar-refractivity contribution in [1.29, 1.82) is 0 Å². The summed E-state index contributed by atoms with van der Waals surface area (Å²) >= 11 is 0. The largest absolute Gasteiger partial charge is 1.00 e. The lowest BCUT2D eigenvalue weighted by molar-refractivity contribution is -0.678. The molecule has 17 heavy (non-hydrogen) atoms. The van der Waals surface area contributed by atoms with Crippen molar-refractivity contribution >= 4 is 5.97 Å². The third kappa shape index (κ3) is 3.39. The Balaban J connectivity index is 0.00000256. The van der Waals surface area contributed by atoms with Crippen molar-refractivity contribution < 1.29 is 32.0 Å². The first-order valence-electron chi connectivity index (χ1n) is 4.97. The Morgan fingerprint density at radius 1 is 1.47 bits per heavy atom. The Morgan fingerprint density at radius 2 is 2.00 bits per heavy atom. The van der Waals surface area contributed by atoms with E-state index in [4.69, 9.17) is 10.8 Å². The van der Waals surface area contributed by atoms with Crippen LogP contribution in [0.4, 0.5) is 0 Å². The number of carbonyl (C=O) groups is 1. The van der Waals surface area contributed by atoms with Gasteiger partial charge < -0.3 is 28.4 Å². The highest BCUT2D eigenvalue weighted by atomic mass is 35.5. The molecule has 0 aromatic carbocycles. The van der Waals surface area contributed by atoms with Gasteiger partial charge in [0.15, 0.2) is 11.9 Å². The van der Waals surface area contributed by atoms with Crippen molar-refractivity contribution in [2.45, 2.75) is 26.0 Å². The van der Waals surface area contributed by atoms with Gasteiger partial charge in [-0.25, -0.2) is 4.57 Å². The van der Waals surface area contributed by atoms with Gasteiger partial charge in [-0.2, -0.15) is 0 Å². The highest BCUT2D eigenvalue weighted by Gasteiger charge is 2.26. The molecule has 0 aliphatic rings. The summed E-state index contributed by atoms with van der Waals surface area (Å²) in [4.78, 5) is 10.7. The van der Waals surface area contributed by atoms with Gasteiger partial charge in [-0.05, 0) is 12.5 Å². The van der Waals surface area contributed by atoms with Crippen LogP contribution in [-0.2, 0) is 11.8 Å². The number of hydrogen-bond acceptors (Lipinski definition) is 3. The zero-order valence-corrected chi connectivity index (χ0v) is 10.8. The summed E-state index contributed by atoms with van der Waals surface area (Å²) < 4.78 is 1.90. The third-order valence-electron chi connectivity index (χ3n) is 2.71. The van der Waals surface area contributed by atoms with Crippen LogP contribution in [-0.4, -0.2) is 22.2 Å². The minimum atomic E-state index is -1.30. The van der Waals surface area contributed by atoms with Crippen LogP contribution < -0.4 is 22.7 Å². The molecule has 0 aliphatic heterocycles. The lowest BCUT2D eigenvalue weighted by atomic mass is 9.99. The molecule has 2 atom stereocenters. The Morgan fingerprint density at radius 3 is 2.47 bits per heavy atom. The first kappa shape index (κ1) is 15.8. The first-order chi connectivity index (χ1) is 7.34. The van der Waals surface area contributed by atoms with E-state index in [2.05, 4.69) is 0 Å². The van der Waals surface area contributed by atoms with Gasteiger partial charge in [-0.1, -0.05) is 0 Å². The molecule has 0 amide bonds. The van der Waals surface area contributed by atoms with Gasteiger partial charge in [-0.3, -0.25) is 4.79 Å². The molecule has 1 rings (SSSR count). The van der Waals surface area contributed by atoms with Crippen molar-refractivity contribution in [2.75, 3.05) is 0 Å². The van der Waals surface area contributed by atoms with E-state index in [0.29, 0.717) is 5.56 Å². The van der Waals surface area contributed by atoms with Crippen LogP contribution in [0.3, 0.4) is 0 Å². The molecule has 0 saturated heterocycles. The number of rotatable bonds is 3. The molecule has 0 bridgehead atoms. The third-order valence-corrected chi connectivity index (χ3v) is 2.71. The van der Waals surface area contributed by atoms with Crippen molar-refractivity contribution in [1.82, 2.24) is 0 Å². The molecule has 5 nitrogen and oxygen atoms in total. The predicted octanol–water partition coefficient (Wildman–Crippen LogP) is -3.42. The van der Waals surface area contributed by atoms with Crippen LogP contribution in [0.2, 0.25) is 0 Å². The molecular formula is C11H17ClN2O3. The fourth-order valence-corrected chi connectivity index (χ4v) is 1.55. The number of aliphatic hydroxyl groups excluding tert-OH is 1. The fraction of sp³-hybridized carbons (Fsp3) is 0.455. The second-order valence-corrected chi connectivity index (χ2v) is 3.97. The number of carboxylic acid groups (broad SMARTS) is 1. The Kier molecular flexibility index (Phi) is 5.54. The molecule has 6 heteroatoms. The van der Waals surface area contributed by atoms with E-state index >= 15 is 0 Å². The molecule has 0 spiro atoms. The number of aromatic nitrogens is 1. The van der Waals surface area contributed by atoms with Crippen LogP contribution in [0.25, 0.3) is 0 Å². The van der Waals surface area contributed by atoms with Gasteiger partial charge >= 0.3 is 5.97 Å². The van der Waals surface area contributed by atoms with Gasteiger partial charge in [-0.15, -0.1) is 0 Å². The summed E-state index contributed by atoms with van der Waals surface area (Å²) in [7, 11) is 1.88.